The average Bonchev–Trinajstić information content (AvgIpc) is 3.67. The number of H-pyrrole nitrogens is 2. The fourth-order valence-electron chi connectivity index (χ4n) is 4.44. The smallest absolute Gasteiger partial charge is 0.290 e. The summed E-state index contributed by atoms with van der Waals surface area (Å²) in [6.45, 7) is 1.69. The number of imidazole rings is 1. The van der Waals surface area contributed by atoms with Crippen molar-refractivity contribution in [1.29, 1.82) is 0 Å². The molecule has 5 aromatic rings. The number of hydrogen-bond donors (Lipinski definition) is 4. The van der Waals surface area contributed by atoms with Crippen molar-refractivity contribution in [3.05, 3.63) is 107 Å². The Morgan fingerprint density at radius 3 is 2.67 bits per heavy atom. The largest absolute Gasteiger partial charge is 0.454 e. The molecule has 1 aliphatic heterocycles. The first-order chi connectivity index (χ1) is 18.8. The van der Waals surface area contributed by atoms with Crippen molar-refractivity contribution < 1.29 is 23.8 Å². The molecule has 2 amide bonds. The zero-order chi connectivity index (χ0) is 27.1. The van der Waals surface area contributed by atoms with Gasteiger partial charge in [-0.05, 0) is 48.5 Å². The molecule has 0 radical (unpaired) electrons. The van der Waals surface area contributed by atoms with Crippen LogP contribution in [0.25, 0.3) is 28.4 Å². The Kier molecular flexibility index (Phi) is 6.05. The second kappa shape index (κ2) is 9.57. The van der Waals surface area contributed by atoms with Gasteiger partial charge in [-0.25, -0.2) is 9.37 Å². The van der Waals surface area contributed by atoms with Gasteiger partial charge in [-0.15, -0.1) is 0 Å². The number of nitrogens with one attached hydrogen (secondary N) is 3. The lowest BCUT2D eigenvalue weighted by Crippen LogP contribution is -2.23. The van der Waals surface area contributed by atoms with Gasteiger partial charge in [0.05, 0.1) is 16.8 Å². The summed E-state index contributed by atoms with van der Waals surface area (Å²) < 4.78 is 21.4. The number of aromatic amines is 2. The van der Waals surface area contributed by atoms with E-state index in [0.29, 0.717) is 44.9 Å². The van der Waals surface area contributed by atoms with Gasteiger partial charge < -0.3 is 19.8 Å². The Morgan fingerprint density at radius 2 is 1.90 bits per heavy atom. The molecule has 0 saturated carbocycles. The van der Waals surface area contributed by atoms with Crippen LogP contribution in [0.3, 0.4) is 0 Å². The van der Waals surface area contributed by atoms with E-state index in [4.69, 9.17) is 4.74 Å². The third kappa shape index (κ3) is 4.60. The summed E-state index contributed by atoms with van der Waals surface area (Å²) in [5.41, 5.74) is 1.43. The number of nitrogens with zero attached hydrogens (tertiary/aromatic N) is 1. The fraction of sp³-hybridized carbons (Fsp3) is 0.0690. The molecule has 2 aromatic heterocycles. The molecule has 4 N–H and O–H groups in total. The topological polar surface area (TPSA) is 120 Å². The maximum absolute atomic E-state index is 15.3. The molecule has 8 nitrogen and oxygen atoms in total. The van der Waals surface area contributed by atoms with Crippen LogP contribution >= 0.6 is 11.8 Å². The highest BCUT2D eigenvalue weighted by Crippen LogP contribution is 2.39. The van der Waals surface area contributed by atoms with Gasteiger partial charge in [0.25, 0.3) is 11.1 Å². The number of amides is 2. The Hall–Kier alpha value is -4.67. The average molecular weight is 541 g/mol. The predicted octanol–water partition coefficient (Wildman–Crippen LogP) is 6.07. The normalized spacial score (nSPS) is 16.0. The minimum atomic E-state index is -1.29. The minimum Gasteiger partial charge on any atom is -0.454 e. The third-order valence-electron chi connectivity index (χ3n) is 6.48. The van der Waals surface area contributed by atoms with Crippen LogP contribution in [0.4, 0.5) is 9.18 Å². The Balaban J connectivity index is 1.36. The van der Waals surface area contributed by atoms with E-state index in [9.17, 15) is 14.7 Å². The standard InChI is InChI=1S/C29H21FN4O4S/c1-29(37,17-7-3-2-4-8-17)24-15-32-26(33-24)16-6-5-9-18(12-16)38-25-20(13-23-27(35)34-28(36)39-23)19-10-11-31-22(19)14-21(25)30/h2-15,31,37H,1H3,(H,32,33)(H,34,35,36). The molecule has 6 rings (SSSR count). The molecule has 0 aliphatic carbocycles. The number of imide groups is 1. The first kappa shape index (κ1) is 24.7. The molecule has 0 bridgehead atoms. The van der Waals surface area contributed by atoms with Gasteiger partial charge in [0.15, 0.2) is 11.6 Å². The first-order valence-corrected chi connectivity index (χ1v) is 12.8. The SMILES string of the molecule is CC(O)(c1ccccc1)c1cnc(-c2cccc(Oc3c(F)cc4[nH]ccc4c3C=C3SC(=O)NC3=O)c2)[nH]1. The van der Waals surface area contributed by atoms with E-state index in [1.54, 1.807) is 43.6 Å². The summed E-state index contributed by atoms with van der Waals surface area (Å²) in [6.07, 6.45) is 4.68. The van der Waals surface area contributed by atoms with Crippen LogP contribution in [0.5, 0.6) is 11.5 Å². The zero-order valence-electron chi connectivity index (χ0n) is 20.5. The van der Waals surface area contributed by atoms with E-state index in [2.05, 4.69) is 20.3 Å². The van der Waals surface area contributed by atoms with Gasteiger partial charge in [-0.1, -0.05) is 42.5 Å². The summed E-state index contributed by atoms with van der Waals surface area (Å²) in [5.74, 6) is -0.463. The molecule has 1 atom stereocenters. The van der Waals surface area contributed by atoms with Crippen molar-refractivity contribution in [1.82, 2.24) is 20.3 Å². The molecule has 194 valence electrons. The van der Waals surface area contributed by atoms with Crippen LogP contribution in [0.1, 0.15) is 23.7 Å². The molecule has 39 heavy (non-hydrogen) atoms. The molecule has 1 saturated heterocycles. The number of hydrogen-bond acceptors (Lipinski definition) is 6. The predicted molar refractivity (Wildman–Crippen MR) is 147 cm³/mol. The maximum Gasteiger partial charge on any atom is 0.290 e. The quantitative estimate of drug-likeness (QED) is 0.194. The Morgan fingerprint density at radius 1 is 1.08 bits per heavy atom. The van der Waals surface area contributed by atoms with Gasteiger partial charge in [0, 0.05) is 34.3 Å². The monoisotopic (exact) mass is 540 g/mol. The number of aliphatic hydroxyl groups is 1. The van der Waals surface area contributed by atoms with Gasteiger partial charge in [-0.2, -0.15) is 0 Å². The Labute approximate surface area is 225 Å². The lowest BCUT2D eigenvalue weighted by atomic mass is 9.93. The molecule has 0 spiro atoms. The summed E-state index contributed by atoms with van der Waals surface area (Å²) in [4.78, 5) is 34.6. The second-order valence-electron chi connectivity index (χ2n) is 9.11. The molecule has 10 heteroatoms. The van der Waals surface area contributed by atoms with Crippen LogP contribution in [-0.4, -0.2) is 31.2 Å². The van der Waals surface area contributed by atoms with Gasteiger partial charge in [-0.3, -0.25) is 14.9 Å². The number of ether oxygens (including phenoxy) is 1. The molecule has 3 aromatic carbocycles. The van der Waals surface area contributed by atoms with Crippen LogP contribution in [0.2, 0.25) is 0 Å². The number of carbonyl (C=O) groups is 2. The third-order valence-corrected chi connectivity index (χ3v) is 7.29. The number of halogens is 1. The van der Waals surface area contributed by atoms with Crippen molar-refractivity contribution >= 4 is 39.9 Å². The van der Waals surface area contributed by atoms with Gasteiger partial charge >= 0.3 is 0 Å². The molecule has 1 aliphatic rings. The lowest BCUT2D eigenvalue weighted by molar-refractivity contribution is -0.115. The number of fused-ring (bicyclic) bond motifs is 1. The molecule has 1 fully saturated rings. The Bertz CT molecular complexity index is 1770. The van der Waals surface area contributed by atoms with Crippen molar-refractivity contribution in [3.63, 3.8) is 0 Å². The number of rotatable bonds is 6. The molecular formula is C29H21FN4O4S. The fourth-order valence-corrected chi connectivity index (χ4v) is 5.10. The number of benzene rings is 3. The van der Waals surface area contributed by atoms with Gasteiger partial charge in [0.2, 0.25) is 0 Å². The van der Waals surface area contributed by atoms with E-state index in [1.165, 1.54) is 12.1 Å². The lowest BCUT2D eigenvalue weighted by Gasteiger charge is -2.22. The second-order valence-corrected chi connectivity index (χ2v) is 10.1. The molecule has 3 heterocycles. The van der Waals surface area contributed by atoms with Crippen LogP contribution in [0, 0.1) is 5.82 Å². The van der Waals surface area contributed by atoms with E-state index < -0.39 is 22.6 Å². The van der Waals surface area contributed by atoms with Crippen molar-refractivity contribution in [2.24, 2.45) is 0 Å². The van der Waals surface area contributed by atoms with E-state index in [1.807, 2.05) is 36.4 Å². The summed E-state index contributed by atoms with van der Waals surface area (Å²) in [6, 6.07) is 19.2. The van der Waals surface area contributed by atoms with Crippen LogP contribution in [0.15, 0.2) is 84.0 Å². The van der Waals surface area contributed by atoms with E-state index >= 15 is 4.39 Å². The summed E-state index contributed by atoms with van der Waals surface area (Å²) >= 11 is 0.743. The van der Waals surface area contributed by atoms with Crippen molar-refractivity contribution in [2.75, 3.05) is 0 Å². The van der Waals surface area contributed by atoms with E-state index in [-0.39, 0.29) is 10.7 Å². The summed E-state index contributed by atoms with van der Waals surface area (Å²) in [7, 11) is 0. The molecule has 1 unspecified atom stereocenters. The van der Waals surface area contributed by atoms with Crippen LogP contribution in [-0.2, 0) is 10.4 Å². The van der Waals surface area contributed by atoms with Gasteiger partial charge in [0.1, 0.15) is 17.2 Å². The number of aromatic nitrogens is 3. The van der Waals surface area contributed by atoms with Crippen LogP contribution < -0.4 is 10.1 Å². The first-order valence-electron chi connectivity index (χ1n) is 12.0. The minimum absolute atomic E-state index is 0.0911. The summed E-state index contributed by atoms with van der Waals surface area (Å²) in [5, 5.41) is 13.5. The number of carbonyl (C=O) groups excluding carboxylic acids is 2. The highest BCUT2D eigenvalue weighted by Gasteiger charge is 2.29. The van der Waals surface area contributed by atoms with Crippen molar-refractivity contribution in [2.45, 2.75) is 12.5 Å². The zero-order valence-corrected chi connectivity index (χ0v) is 21.3. The maximum atomic E-state index is 15.3. The van der Waals surface area contributed by atoms with Crippen molar-refractivity contribution in [3.8, 4) is 22.9 Å². The highest BCUT2D eigenvalue weighted by molar-refractivity contribution is 8.18. The van der Waals surface area contributed by atoms with E-state index in [0.717, 1.165) is 11.8 Å². The molecular weight excluding hydrogens is 519 g/mol. The highest BCUT2D eigenvalue weighted by atomic mass is 32.2. The number of thioether (sulfide) groups is 1.